The van der Waals surface area contributed by atoms with E-state index in [1.165, 1.54) is 12.8 Å². The molecular formula is C16H34O4S2. The van der Waals surface area contributed by atoms with Crippen LogP contribution in [0.15, 0.2) is 0 Å². The third kappa shape index (κ3) is 18.0. The summed E-state index contributed by atoms with van der Waals surface area (Å²) in [5, 5.41) is 0. The maximum Gasteiger partial charge on any atom is 0.181 e. The van der Waals surface area contributed by atoms with Crippen LogP contribution in [0.4, 0.5) is 0 Å². The molecule has 0 aromatic carbocycles. The van der Waals surface area contributed by atoms with E-state index in [-0.39, 0.29) is 16.6 Å². The first-order valence-electron chi connectivity index (χ1n) is 8.02. The summed E-state index contributed by atoms with van der Waals surface area (Å²) in [4.78, 5) is 11.6. The smallest absolute Gasteiger partial charge is 0.181 e. The zero-order valence-electron chi connectivity index (χ0n) is 15.1. The van der Waals surface area contributed by atoms with E-state index in [0.717, 1.165) is 25.0 Å². The molecule has 134 valence electrons. The lowest BCUT2D eigenvalue weighted by Gasteiger charge is -2.17. The Morgan fingerprint density at radius 2 is 1.55 bits per heavy atom. The highest BCUT2D eigenvalue weighted by atomic mass is 32.2. The Morgan fingerprint density at radius 1 is 1.05 bits per heavy atom. The molecule has 0 rings (SSSR count). The molecule has 22 heavy (non-hydrogen) atoms. The van der Waals surface area contributed by atoms with Gasteiger partial charge < -0.3 is 4.55 Å². The molecular weight excluding hydrogens is 320 g/mol. The Bertz CT molecular complexity index is 383. The first kappa shape index (κ1) is 24.2. The molecule has 0 N–H and O–H groups in total. The minimum atomic E-state index is -3.94. The van der Waals surface area contributed by atoms with Crippen molar-refractivity contribution in [3.63, 3.8) is 0 Å². The summed E-state index contributed by atoms with van der Waals surface area (Å²) in [6.07, 6.45) is 7.70. The van der Waals surface area contributed by atoms with Crippen LogP contribution in [0.3, 0.4) is 0 Å². The molecule has 6 heteroatoms. The molecule has 0 aromatic rings. The second-order valence-electron chi connectivity index (χ2n) is 6.50. The predicted octanol–water partition coefficient (Wildman–Crippen LogP) is 3.51. The first-order valence-corrected chi connectivity index (χ1v) is 11.4. The van der Waals surface area contributed by atoms with Gasteiger partial charge in [0.1, 0.15) is 4.75 Å². The molecule has 0 aliphatic carbocycles. The zero-order valence-corrected chi connectivity index (χ0v) is 16.7. The van der Waals surface area contributed by atoms with E-state index in [1.807, 2.05) is 6.92 Å². The normalized spacial score (nSPS) is 13.2. The number of unbranched alkanes of at least 4 members (excludes halogenated alkanes) is 3. The number of rotatable bonds is 9. The summed E-state index contributed by atoms with van der Waals surface area (Å²) >= 11 is 0. The maximum absolute atomic E-state index is 11.6. The molecule has 0 saturated carbocycles. The number of ketones is 1. The maximum atomic E-state index is 11.6. The van der Waals surface area contributed by atoms with Gasteiger partial charge in [0, 0.05) is 12.2 Å². The quantitative estimate of drug-likeness (QED) is 0.361. The van der Waals surface area contributed by atoms with Gasteiger partial charge in [-0.15, -0.1) is 0 Å². The van der Waals surface area contributed by atoms with Crippen molar-refractivity contribution in [1.29, 1.82) is 0 Å². The lowest BCUT2D eigenvalue weighted by atomic mass is 10.2. The van der Waals surface area contributed by atoms with Gasteiger partial charge in [-0.05, 0) is 44.5 Å². The Kier molecular flexibility index (Phi) is 13.6. The summed E-state index contributed by atoms with van der Waals surface area (Å²) in [6, 6.07) is 0. The Morgan fingerprint density at radius 3 is 1.86 bits per heavy atom. The van der Waals surface area contributed by atoms with Crippen molar-refractivity contribution in [3.8, 4) is 0 Å². The lowest BCUT2D eigenvalue weighted by molar-refractivity contribution is -0.116. The van der Waals surface area contributed by atoms with Crippen LogP contribution in [0, 0.1) is 0 Å². The van der Waals surface area contributed by atoms with E-state index < -0.39 is 10.1 Å². The Balaban J connectivity index is 0. The number of Topliss-reactive ketones (excluding diaryl/α,β-unsaturated/α-hetero) is 1. The van der Waals surface area contributed by atoms with Gasteiger partial charge in [0.15, 0.2) is 11.5 Å². The molecule has 0 saturated heterocycles. The number of carbonyl (C=O) groups excluding carboxylic acids is 1. The summed E-state index contributed by atoms with van der Waals surface area (Å²) < 4.78 is 29.8. The van der Waals surface area contributed by atoms with Crippen molar-refractivity contribution < 1.29 is 17.8 Å². The van der Waals surface area contributed by atoms with Gasteiger partial charge in [-0.25, -0.2) is 8.42 Å². The number of hydrogen-bond donors (Lipinski definition) is 0. The van der Waals surface area contributed by atoms with Gasteiger partial charge in [-0.1, -0.05) is 33.1 Å². The van der Waals surface area contributed by atoms with E-state index in [4.69, 9.17) is 0 Å². The predicted molar refractivity (Wildman–Crippen MR) is 96.5 cm³/mol. The van der Waals surface area contributed by atoms with Crippen molar-refractivity contribution in [2.24, 2.45) is 0 Å². The van der Waals surface area contributed by atoms with Gasteiger partial charge in [0.2, 0.25) is 0 Å². The van der Waals surface area contributed by atoms with Crippen molar-refractivity contribution >= 4 is 26.8 Å². The van der Waals surface area contributed by atoms with Crippen molar-refractivity contribution in [2.75, 3.05) is 17.8 Å². The molecule has 0 spiro atoms. The molecule has 0 fully saturated rings. The van der Waals surface area contributed by atoms with Crippen molar-refractivity contribution in [2.45, 2.75) is 77.9 Å². The fourth-order valence-electron chi connectivity index (χ4n) is 1.42. The summed E-state index contributed by atoms with van der Waals surface area (Å²) in [6.45, 7) is 10.7. The van der Waals surface area contributed by atoms with Gasteiger partial charge in [0.25, 0.3) is 0 Å². The minimum absolute atomic E-state index is 0.219. The molecule has 4 nitrogen and oxygen atoms in total. The standard InChI is InChI=1S/C12H25OS.C4H10O3S/c1-6-7-8-9-11(13)10-14(5)12(2,3)4;1-2-3-4-8(5,6)7/h6-10H2,1-5H3;2-4H2,1H3,(H,5,6,7)/q+1;/p-1. The topological polar surface area (TPSA) is 74.3 Å². The van der Waals surface area contributed by atoms with Gasteiger partial charge in [-0.2, -0.15) is 0 Å². The molecule has 0 aliphatic rings. The summed E-state index contributed by atoms with van der Waals surface area (Å²) in [5.41, 5.74) is 0. The third-order valence-electron chi connectivity index (χ3n) is 3.23. The average Bonchev–Trinajstić information content (AvgIpc) is 2.35. The van der Waals surface area contributed by atoms with E-state index in [0.29, 0.717) is 17.0 Å². The SMILES string of the molecule is CCCCCC(=O)C[S+](C)C(C)(C)C.CCCCS(=O)(=O)[O-]. The zero-order chi connectivity index (χ0) is 17.8. The average molecular weight is 355 g/mol. The highest BCUT2D eigenvalue weighted by Crippen LogP contribution is 2.17. The summed E-state index contributed by atoms with van der Waals surface area (Å²) in [5.74, 6) is 1.02. The summed E-state index contributed by atoms with van der Waals surface area (Å²) in [7, 11) is -3.71. The van der Waals surface area contributed by atoms with Crippen LogP contribution in [-0.2, 0) is 25.8 Å². The van der Waals surface area contributed by atoms with Crippen LogP contribution in [-0.4, -0.2) is 41.3 Å². The van der Waals surface area contributed by atoms with E-state index in [9.17, 15) is 17.8 Å². The lowest BCUT2D eigenvalue weighted by Crippen LogP contribution is -2.32. The molecule has 0 bridgehead atoms. The van der Waals surface area contributed by atoms with Crippen LogP contribution in [0.1, 0.15) is 73.1 Å². The fraction of sp³-hybridized carbons (Fsp3) is 0.938. The fourth-order valence-corrected chi connectivity index (χ4v) is 3.13. The minimum Gasteiger partial charge on any atom is -0.748 e. The Labute approximate surface area is 140 Å². The molecule has 0 aromatic heterocycles. The molecule has 1 atom stereocenters. The first-order chi connectivity index (χ1) is 9.94. The monoisotopic (exact) mass is 354 g/mol. The second-order valence-corrected chi connectivity index (χ2v) is 10.8. The highest BCUT2D eigenvalue weighted by Gasteiger charge is 2.31. The van der Waals surface area contributed by atoms with Crippen LogP contribution >= 0.6 is 0 Å². The van der Waals surface area contributed by atoms with Gasteiger partial charge in [0.05, 0.1) is 16.4 Å². The van der Waals surface area contributed by atoms with Crippen LogP contribution < -0.4 is 0 Å². The molecule has 1 unspecified atom stereocenters. The van der Waals surface area contributed by atoms with Crippen LogP contribution in [0.5, 0.6) is 0 Å². The van der Waals surface area contributed by atoms with Crippen LogP contribution in [0.2, 0.25) is 0 Å². The second kappa shape index (κ2) is 12.4. The van der Waals surface area contributed by atoms with E-state index in [2.05, 4.69) is 34.0 Å². The van der Waals surface area contributed by atoms with E-state index in [1.54, 1.807) is 0 Å². The molecule has 0 heterocycles. The van der Waals surface area contributed by atoms with Crippen LogP contribution in [0.25, 0.3) is 0 Å². The molecule has 0 radical (unpaired) electrons. The third-order valence-corrected chi connectivity index (χ3v) is 6.86. The largest absolute Gasteiger partial charge is 0.748 e. The molecule has 0 aliphatic heterocycles. The van der Waals surface area contributed by atoms with Crippen molar-refractivity contribution in [1.82, 2.24) is 0 Å². The van der Waals surface area contributed by atoms with Crippen molar-refractivity contribution in [3.05, 3.63) is 0 Å². The van der Waals surface area contributed by atoms with E-state index >= 15 is 0 Å². The Hall–Kier alpha value is -0.0700. The van der Waals surface area contributed by atoms with Gasteiger partial charge >= 0.3 is 0 Å². The highest BCUT2D eigenvalue weighted by molar-refractivity contribution is 7.98. The van der Waals surface area contributed by atoms with Gasteiger partial charge in [-0.3, -0.25) is 4.79 Å². The number of carbonyl (C=O) groups is 1. The number of hydrogen-bond acceptors (Lipinski definition) is 4. The molecule has 0 amide bonds.